The summed E-state index contributed by atoms with van der Waals surface area (Å²) in [5.74, 6) is -0.840. The Morgan fingerprint density at radius 1 is 0.891 bits per heavy atom. The molecule has 13 atom stereocenters. The Kier molecular flexibility index (Phi) is 11.9. The van der Waals surface area contributed by atoms with Gasteiger partial charge in [-0.3, -0.25) is 24.0 Å². The van der Waals surface area contributed by atoms with Crippen molar-refractivity contribution < 1.29 is 42.9 Å². The lowest BCUT2D eigenvalue weighted by Crippen LogP contribution is -2.66. The third-order valence-corrected chi connectivity index (χ3v) is 18.1. The highest BCUT2D eigenvalue weighted by Crippen LogP contribution is 2.75. The maximum Gasteiger partial charge on any atom is 0.312 e. The van der Waals surface area contributed by atoms with Crippen LogP contribution in [-0.4, -0.2) is 62.8 Å². The average Bonchev–Trinajstić information content (AvgIpc) is 3.70. The molecule has 12 heteroatoms. The van der Waals surface area contributed by atoms with Gasteiger partial charge in [-0.05, 0) is 128 Å². The lowest BCUT2D eigenvalue weighted by atomic mass is 9.33. The minimum atomic E-state index is -0.768. The van der Waals surface area contributed by atoms with Crippen molar-refractivity contribution in [1.29, 1.82) is 0 Å². The molecule has 0 bridgehead atoms. The van der Waals surface area contributed by atoms with Gasteiger partial charge in [0.25, 0.3) is 0 Å². The van der Waals surface area contributed by atoms with Crippen LogP contribution >= 0.6 is 0 Å². The number of hydrogen-bond acceptors (Lipinski definition) is 11. The molecule has 8 rings (SSSR count). The molecule has 0 radical (unpaired) electrons. The van der Waals surface area contributed by atoms with Crippen molar-refractivity contribution >= 4 is 35.6 Å². The summed E-state index contributed by atoms with van der Waals surface area (Å²) in [6.45, 7) is 20.4. The van der Waals surface area contributed by atoms with Crippen molar-refractivity contribution in [3.8, 4) is 0 Å². The number of aromatic nitrogens is 3. The Bertz CT molecular complexity index is 2250. The van der Waals surface area contributed by atoms with Crippen LogP contribution in [0.1, 0.15) is 151 Å². The molecule has 12 nitrogen and oxygen atoms in total. The molecular formula is C52H69N3O9. The van der Waals surface area contributed by atoms with E-state index in [0.29, 0.717) is 18.5 Å². The van der Waals surface area contributed by atoms with Gasteiger partial charge in [-0.25, -0.2) is 4.68 Å². The lowest BCUT2D eigenvalue weighted by Gasteiger charge is -2.70. The summed E-state index contributed by atoms with van der Waals surface area (Å²) < 4.78 is 24.6. The topological polar surface area (TPSA) is 153 Å². The molecule has 0 N–H and O–H groups in total. The largest absolute Gasteiger partial charge is 0.459 e. The second kappa shape index (κ2) is 16.5. The van der Waals surface area contributed by atoms with Crippen LogP contribution < -0.4 is 0 Å². The van der Waals surface area contributed by atoms with E-state index < -0.39 is 41.9 Å². The second-order valence-electron chi connectivity index (χ2n) is 22.3. The zero-order chi connectivity index (χ0) is 46.2. The zero-order valence-corrected chi connectivity index (χ0v) is 39.6. The number of nitrogens with zero attached hydrogens (tertiary/aromatic N) is 3. The van der Waals surface area contributed by atoms with Crippen molar-refractivity contribution in [3.05, 3.63) is 65.5 Å². The van der Waals surface area contributed by atoms with E-state index in [4.69, 9.17) is 18.9 Å². The van der Waals surface area contributed by atoms with Crippen molar-refractivity contribution in [2.75, 3.05) is 0 Å². The minimum Gasteiger partial charge on any atom is -0.459 e. The fourth-order valence-electron chi connectivity index (χ4n) is 14.5. The molecule has 346 valence electrons. The van der Waals surface area contributed by atoms with E-state index in [1.165, 1.54) is 24.1 Å². The van der Waals surface area contributed by atoms with Crippen molar-refractivity contribution in [1.82, 2.24) is 15.0 Å². The summed E-state index contributed by atoms with van der Waals surface area (Å²) in [7, 11) is 0. The van der Waals surface area contributed by atoms with Crippen LogP contribution in [0.2, 0.25) is 0 Å². The van der Waals surface area contributed by atoms with Crippen LogP contribution in [0.3, 0.4) is 0 Å². The third-order valence-electron chi connectivity index (χ3n) is 18.1. The van der Waals surface area contributed by atoms with E-state index in [9.17, 15) is 19.2 Å². The summed E-state index contributed by atoms with van der Waals surface area (Å²) in [6.07, 6.45) is 12.6. The van der Waals surface area contributed by atoms with Gasteiger partial charge in [-0.1, -0.05) is 88.7 Å². The summed E-state index contributed by atoms with van der Waals surface area (Å²) >= 11 is 0. The Morgan fingerprint density at radius 2 is 1.59 bits per heavy atom. The number of benzene rings is 1. The van der Waals surface area contributed by atoms with Crippen LogP contribution in [0.25, 0.3) is 6.08 Å². The number of fused-ring (bicyclic) bond motifs is 7. The van der Waals surface area contributed by atoms with Crippen LogP contribution in [0, 0.1) is 56.2 Å². The first-order valence-electron chi connectivity index (χ1n) is 23.7. The first kappa shape index (κ1) is 46.1. The maximum absolute atomic E-state index is 15.1. The van der Waals surface area contributed by atoms with Crippen molar-refractivity contribution in [2.45, 2.75) is 165 Å². The standard InChI is InChI=1S/C52H69N3O9/c1-31-44(64-33(3)57)41(63-32(2)56)27-43(62-31)55-29-35(53-54-55)30-61-46(60)49(7)23-22-48(6)24-25-51(9)37(38(48)28-49)26-40(59)45-50(8)20-18-36(39(58)17-16-34-14-12-11-13-15-34)47(4,5)42(50)19-21-52(45,51)10/h11-17,26,29,31,36,38,41-45H,18-25,27-28,30H2,1-10H3/b17-16+/t31-,36+,38+,41-,42?,43?,44-,45+,48+,49-,50-,51+,52+/m0/s1. The number of ether oxygens (including phenoxy) is 4. The Hall–Kier alpha value is -4.45. The molecule has 1 saturated heterocycles. The predicted molar refractivity (Wildman–Crippen MR) is 239 cm³/mol. The summed E-state index contributed by atoms with van der Waals surface area (Å²) in [5, 5.41) is 8.53. The fraction of sp³-hybridized carbons (Fsp3) is 0.673. The van der Waals surface area contributed by atoms with Crippen molar-refractivity contribution in [2.24, 2.45) is 56.2 Å². The third kappa shape index (κ3) is 7.70. The molecular weight excluding hydrogens is 811 g/mol. The summed E-state index contributed by atoms with van der Waals surface area (Å²) in [5.41, 5.74) is 0.889. The fourth-order valence-corrected chi connectivity index (χ4v) is 14.5. The minimum absolute atomic E-state index is 0.0400. The second-order valence-corrected chi connectivity index (χ2v) is 22.3. The number of rotatable bonds is 9. The van der Waals surface area contributed by atoms with Gasteiger partial charge in [0.15, 0.2) is 23.9 Å². The molecule has 4 saturated carbocycles. The molecule has 5 fully saturated rings. The van der Waals surface area contributed by atoms with Crippen LogP contribution in [0.5, 0.6) is 0 Å². The molecule has 2 aromatic rings. The molecule has 1 aromatic carbocycles. The van der Waals surface area contributed by atoms with Gasteiger partial charge >= 0.3 is 17.9 Å². The average molecular weight is 880 g/mol. The lowest BCUT2D eigenvalue weighted by molar-refractivity contribution is -0.216. The van der Waals surface area contributed by atoms with Gasteiger partial charge in [0.1, 0.15) is 18.4 Å². The van der Waals surface area contributed by atoms with Gasteiger partial charge in [-0.15, -0.1) is 5.10 Å². The normalized spacial score (nSPS) is 40.2. The van der Waals surface area contributed by atoms with E-state index in [0.717, 1.165) is 50.5 Å². The number of ketones is 2. The first-order chi connectivity index (χ1) is 30.0. The van der Waals surface area contributed by atoms with Crippen LogP contribution in [0.4, 0.5) is 0 Å². The predicted octanol–water partition coefficient (Wildman–Crippen LogP) is 9.37. The molecule has 1 aromatic heterocycles. The zero-order valence-electron chi connectivity index (χ0n) is 39.6. The number of carbonyl (C=O) groups is 5. The summed E-state index contributed by atoms with van der Waals surface area (Å²) in [4.78, 5) is 66.9. The van der Waals surface area contributed by atoms with Crippen LogP contribution in [0.15, 0.2) is 54.3 Å². The Balaban J connectivity index is 0.975. The van der Waals surface area contributed by atoms with Gasteiger partial charge in [-0.2, -0.15) is 0 Å². The van der Waals surface area contributed by atoms with E-state index in [1.807, 2.05) is 49.4 Å². The molecule has 5 aliphatic carbocycles. The van der Waals surface area contributed by atoms with E-state index in [2.05, 4.69) is 51.9 Å². The monoisotopic (exact) mass is 880 g/mol. The van der Waals surface area contributed by atoms with Crippen LogP contribution in [-0.2, 0) is 49.5 Å². The van der Waals surface area contributed by atoms with E-state index in [1.54, 1.807) is 19.2 Å². The Labute approximate surface area is 378 Å². The Morgan fingerprint density at radius 3 is 2.30 bits per heavy atom. The molecule has 6 aliphatic rings. The quantitative estimate of drug-likeness (QED) is 0.135. The molecule has 2 unspecified atom stereocenters. The number of esters is 3. The van der Waals surface area contributed by atoms with E-state index in [-0.39, 0.29) is 81.3 Å². The highest BCUT2D eigenvalue weighted by molar-refractivity contribution is 5.97. The number of hydrogen-bond donors (Lipinski definition) is 0. The summed E-state index contributed by atoms with van der Waals surface area (Å²) in [6, 6.07) is 9.98. The highest BCUT2D eigenvalue weighted by atomic mass is 16.6. The molecule has 64 heavy (non-hydrogen) atoms. The van der Waals surface area contributed by atoms with Gasteiger partial charge < -0.3 is 18.9 Å². The molecule has 2 heterocycles. The van der Waals surface area contributed by atoms with Gasteiger partial charge in [0, 0.05) is 32.1 Å². The smallest absolute Gasteiger partial charge is 0.312 e. The maximum atomic E-state index is 15.1. The SMILES string of the molecule is CC(=O)O[C@H]1[C@H](C)OC(n2cc(COC(=O)[C@@]3(C)CC[C@]4(C)CC[C@]5(C)C(=CC(=O)[C@@H]6[C@@]7(C)CC[C@H](C(=O)/C=C/c8ccccc8)C(C)(C)C7CC[C@]65C)[C@H]4C3)nn2)C[C@@H]1OC(C)=O. The molecule has 0 spiro atoms. The first-order valence-corrected chi connectivity index (χ1v) is 23.7. The number of carbonyl (C=O) groups excluding carboxylic acids is 5. The highest BCUT2D eigenvalue weighted by Gasteiger charge is 2.70. The number of allylic oxidation sites excluding steroid dienone is 3. The molecule has 1 aliphatic heterocycles. The van der Waals surface area contributed by atoms with Gasteiger partial charge in [0.2, 0.25) is 0 Å². The van der Waals surface area contributed by atoms with E-state index >= 15 is 4.79 Å². The van der Waals surface area contributed by atoms with Crippen molar-refractivity contribution in [3.63, 3.8) is 0 Å². The van der Waals surface area contributed by atoms with Gasteiger partial charge in [0.05, 0.1) is 17.7 Å². The molecule has 0 amide bonds.